The molecular formula is C21H16F2N4OS. The molecule has 0 aliphatic rings. The molecule has 146 valence electrons. The molecule has 3 heterocycles. The molecule has 0 aliphatic heterocycles. The summed E-state index contributed by atoms with van der Waals surface area (Å²) in [7, 11) is 0. The zero-order valence-corrected chi connectivity index (χ0v) is 16.4. The van der Waals surface area contributed by atoms with Gasteiger partial charge >= 0.3 is 0 Å². The van der Waals surface area contributed by atoms with Crippen molar-refractivity contribution in [1.82, 2.24) is 15.0 Å². The number of thiophene rings is 1. The van der Waals surface area contributed by atoms with Crippen LogP contribution in [0.15, 0.2) is 48.8 Å². The lowest BCUT2D eigenvalue weighted by Gasteiger charge is -2.07. The lowest BCUT2D eigenvalue weighted by atomic mass is 10.1. The Bertz CT molecular complexity index is 1180. The summed E-state index contributed by atoms with van der Waals surface area (Å²) in [5.41, 5.74) is 2.20. The first kappa shape index (κ1) is 18.9. The molecule has 2 N–H and O–H groups in total. The quantitative estimate of drug-likeness (QED) is 0.477. The maximum absolute atomic E-state index is 13.8. The van der Waals surface area contributed by atoms with Crippen LogP contribution in [0.25, 0.3) is 21.7 Å². The number of nitrogens with zero attached hydrogens (tertiary/aromatic N) is 2. The predicted molar refractivity (Wildman–Crippen MR) is 109 cm³/mol. The van der Waals surface area contributed by atoms with Crippen LogP contribution in [0.3, 0.4) is 0 Å². The lowest BCUT2D eigenvalue weighted by molar-refractivity contribution is 0.101. The Labute approximate surface area is 169 Å². The molecular weight excluding hydrogens is 394 g/mol. The average Bonchev–Trinajstić information content (AvgIpc) is 3.28. The number of aryl methyl sites for hydroxylation is 2. The number of H-pyrrole nitrogens is 1. The fraction of sp³-hybridized carbons (Fsp3) is 0.0952. The van der Waals surface area contributed by atoms with Crippen LogP contribution in [0, 0.1) is 25.5 Å². The van der Waals surface area contributed by atoms with Gasteiger partial charge in [-0.05, 0) is 49.7 Å². The number of aromatic amines is 1. The van der Waals surface area contributed by atoms with Gasteiger partial charge in [0.1, 0.15) is 28.8 Å². The van der Waals surface area contributed by atoms with Gasteiger partial charge in [0, 0.05) is 16.6 Å². The minimum Gasteiger partial charge on any atom is -0.342 e. The van der Waals surface area contributed by atoms with Crippen molar-refractivity contribution in [3.8, 4) is 21.7 Å². The van der Waals surface area contributed by atoms with E-state index in [-0.39, 0.29) is 5.82 Å². The number of carbonyl (C=O) groups excluding carboxylic acids is 1. The Kier molecular flexibility index (Phi) is 4.94. The fourth-order valence-corrected chi connectivity index (χ4v) is 3.98. The van der Waals surface area contributed by atoms with Crippen molar-refractivity contribution in [2.75, 3.05) is 5.32 Å². The molecule has 0 aliphatic carbocycles. The topological polar surface area (TPSA) is 70.7 Å². The Morgan fingerprint density at radius 2 is 1.83 bits per heavy atom. The summed E-state index contributed by atoms with van der Waals surface area (Å²) < 4.78 is 27.5. The van der Waals surface area contributed by atoms with Crippen LogP contribution in [-0.2, 0) is 0 Å². The van der Waals surface area contributed by atoms with Crippen molar-refractivity contribution in [3.63, 3.8) is 0 Å². The molecule has 5 nitrogen and oxygen atoms in total. The number of rotatable bonds is 4. The SMILES string of the molecule is Cc1ncc(-c2cc(-c3ccc(NC(=O)c4c(F)cccc4F)nc3)c(C)s2)[nH]1. The molecule has 0 atom stereocenters. The number of halogens is 2. The third-order valence-corrected chi connectivity index (χ3v) is 5.48. The number of aromatic nitrogens is 3. The number of benzene rings is 1. The minimum atomic E-state index is -0.922. The summed E-state index contributed by atoms with van der Waals surface area (Å²) in [5, 5.41) is 2.43. The molecule has 4 rings (SSSR count). The molecule has 8 heteroatoms. The van der Waals surface area contributed by atoms with Gasteiger partial charge in [-0.1, -0.05) is 6.07 Å². The number of hydrogen-bond donors (Lipinski definition) is 2. The van der Waals surface area contributed by atoms with Crippen LogP contribution in [0.4, 0.5) is 14.6 Å². The number of imidazole rings is 1. The predicted octanol–water partition coefficient (Wildman–Crippen LogP) is 5.35. The number of pyridine rings is 1. The number of hydrogen-bond acceptors (Lipinski definition) is 4. The summed E-state index contributed by atoms with van der Waals surface area (Å²) in [6, 6.07) is 8.73. The van der Waals surface area contributed by atoms with E-state index in [2.05, 4.69) is 26.3 Å². The van der Waals surface area contributed by atoms with E-state index in [9.17, 15) is 13.6 Å². The molecule has 0 bridgehead atoms. The Hall–Kier alpha value is -3.39. The monoisotopic (exact) mass is 410 g/mol. The standard InChI is InChI=1S/C21H16F2N4OS/c1-11-14(8-18(29-11)17-10-24-12(2)26-17)13-6-7-19(25-9-13)27-21(28)20-15(22)4-3-5-16(20)23/h3-10H,1-2H3,(H,24,26)(H,25,27,28). The first-order chi connectivity index (χ1) is 13.9. The van der Waals surface area contributed by atoms with Gasteiger partial charge in [0.2, 0.25) is 0 Å². The van der Waals surface area contributed by atoms with Gasteiger partial charge in [-0.3, -0.25) is 4.79 Å². The van der Waals surface area contributed by atoms with Gasteiger partial charge in [-0.25, -0.2) is 18.7 Å². The largest absolute Gasteiger partial charge is 0.342 e. The van der Waals surface area contributed by atoms with E-state index >= 15 is 0 Å². The zero-order chi connectivity index (χ0) is 20.5. The highest BCUT2D eigenvalue weighted by atomic mass is 32.1. The Morgan fingerprint density at radius 3 is 2.45 bits per heavy atom. The first-order valence-corrected chi connectivity index (χ1v) is 9.58. The summed E-state index contributed by atoms with van der Waals surface area (Å²) in [5.74, 6) is -1.67. The van der Waals surface area contributed by atoms with Crippen LogP contribution < -0.4 is 5.32 Å². The van der Waals surface area contributed by atoms with Crippen molar-refractivity contribution in [2.45, 2.75) is 13.8 Å². The van der Waals surface area contributed by atoms with Gasteiger partial charge in [0.15, 0.2) is 0 Å². The summed E-state index contributed by atoms with van der Waals surface area (Å²) >= 11 is 1.64. The summed E-state index contributed by atoms with van der Waals surface area (Å²) in [6.07, 6.45) is 3.41. The van der Waals surface area contributed by atoms with Gasteiger partial charge < -0.3 is 10.3 Å². The maximum atomic E-state index is 13.8. The summed E-state index contributed by atoms with van der Waals surface area (Å²) in [4.78, 5) is 26.0. The van der Waals surface area contributed by atoms with Crippen molar-refractivity contribution in [1.29, 1.82) is 0 Å². The second-order valence-corrected chi connectivity index (χ2v) is 7.70. The molecule has 0 spiro atoms. The number of anilines is 1. The van der Waals surface area contributed by atoms with Crippen molar-refractivity contribution < 1.29 is 13.6 Å². The highest BCUT2D eigenvalue weighted by molar-refractivity contribution is 7.15. The minimum absolute atomic E-state index is 0.207. The third kappa shape index (κ3) is 3.79. The van der Waals surface area contributed by atoms with Gasteiger partial charge in [-0.15, -0.1) is 11.3 Å². The molecule has 3 aromatic heterocycles. The molecule has 0 radical (unpaired) electrons. The average molecular weight is 410 g/mol. The molecule has 0 saturated heterocycles. The van der Waals surface area contributed by atoms with E-state index in [1.165, 1.54) is 6.07 Å². The van der Waals surface area contributed by atoms with Crippen LogP contribution in [0.2, 0.25) is 0 Å². The smallest absolute Gasteiger partial charge is 0.262 e. The van der Waals surface area contributed by atoms with Crippen LogP contribution >= 0.6 is 11.3 Å². The number of carbonyl (C=O) groups is 1. The number of nitrogens with one attached hydrogen (secondary N) is 2. The van der Waals surface area contributed by atoms with Crippen LogP contribution in [0.5, 0.6) is 0 Å². The molecule has 0 unspecified atom stereocenters. The highest BCUT2D eigenvalue weighted by Crippen LogP contribution is 2.36. The van der Waals surface area contributed by atoms with E-state index in [0.717, 1.165) is 44.5 Å². The van der Waals surface area contributed by atoms with E-state index in [1.807, 2.05) is 13.8 Å². The Morgan fingerprint density at radius 1 is 1.07 bits per heavy atom. The van der Waals surface area contributed by atoms with Crippen LogP contribution in [-0.4, -0.2) is 20.9 Å². The molecule has 29 heavy (non-hydrogen) atoms. The fourth-order valence-electron chi connectivity index (χ4n) is 2.97. The van der Waals surface area contributed by atoms with Gasteiger partial charge in [-0.2, -0.15) is 0 Å². The molecule has 1 aromatic carbocycles. The third-order valence-electron chi connectivity index (χ3n) is 4.39. The normalized spacial score (nSPS) is 10.9. The van der Waals surface area contributed by atoms with E-state index in [0.29, 0.717) is 0 Å². The van der Waals surface area contributed by atoms with Crippen LogP contribution in [0.1, 0.15) is 21.1 Å². The van der Waals surface area contributed by atoms with Gasteiger partial charge in [0.25, 0.3) is 5.91 Å². The molecule has 0 saturated carbocycles. The van der Waals surface area contributed by atoms with E-state index in [1.54, 1.807) is 35.9 Å². The van der Waals surface area contributed by atoms with Crippen molar-refractivity contribution >= 4 is 23.1 Å². The lowest BCUT2D eigenvalue weighted by Crippen LogP contribution is -2.16. The first-order valence-electron chi connectivity index (χ1n) is 8.76. The van der Waals surface area contributed by atoms with Crippen molar-refractivity contribution in [3.05, 3.63) is 76.7 Å². The second-order valence-electron chi connectivity index (χ2n) is 6.45. The highest BCUT2D eigenvalue weighted by Gasteiger charge is 2.18. The van der Waals surface area contributed by atoms with Crippen molar-refractivity contribution in [2.24, 2.45) is 0 Å². The van der Waals surface area contributed by atoms with Gasteiger partial charge in [0.05, 0.1) is 16.8 Å². The molecule has 4 aromatic rings. The molecule has 1 amide bonds. The Balaban J connectivity index is 1.56. The van der Waals surface area contributed by atoms with E-state index in [4.69, 9.17) is 0 Å². The maximum Gasteiger partial charge on any atom is 0.262 e. The zero-order valence-electron chi connectivity index (χ0n) is 15.6. The summed E-state index contributed by atoms with van der Waals surface area (Å²) in [6.45, 7) is 3.92. The number of amides is 1. The van der Waals surface area contributed by atoms with E-state index < -0.39 is 23.1 Å². The second kappa shape index (κ2) is 7.56. The molecule has 0 fully saturated rings.